The third kappa shape index (κ3) is 4.70. The molecule has 1 unspecified atom stereocenters. The predicted molar refractivity (Wildman–Crippen MR) is 131 cm³/mol. The van der Waals surface area contributed by atoms with Crippen LogP contribution in [0.25, 0.3) is 22.0 Å². The third-order valence-electron chi connectivity index (χ3n) is 5.79. The summed E-state index contributed by atoms with van der Waals surface area (Å²) in [5, 5.41) is 7.96. The molecule has 1 aromatic heterocycles. The molecule has 0 aliphatic heterocycles. The number of fused-ring (bicyclic) bond motifs is 1. The van der Waals surface area contributed by atoms with Crippen LogP contribution < -0.4 is 20.1 Å². The zero-order valence-electron chi connectivity index (χ0n) is 18.3. The first-order chi connectivity index (χ1) is 15.9. The van der Waals surface area contributed by atoms with Gasteiger partial charge < -0.3 is 20.1 Å². The molecule has 0 spiro atoms. The normalized spacial score (nSPS) is 17.6. The van der Waals surface area contributed by atoms with Crippen LogP contribution >= 0.6 is 23.2 Å². The Morgan fingerprint density at radius 2 is 1.82 bits per heavy atom. The molecule has 4 rings (SSSR count). The second-order valence-corrected chi connectivity index (χ2v) is 8.51. The Hall–Kier alpha value is -3.03. The van der Waals surface area contributed by atoms with Gasteiger partial charge in [-0.3, -0.25) is 4.79 Å². The van der Waals surface area contributed by atoms with Gasteiger partial charge in [0.25, 0.3) is 0 Å². The highest BCUT2D eigenvalue weighted by Gasteiger charge is 2.28. The van der Waals surface area contributed by atoms with E-state index in [-0.39, 0.29) is 18.0 Å². The van der Waals surface area contributed by atoms with E-state index in [2.05, 4.69) is 27.2 Å². The van der Waals surface area contributed by atoms with Gasteiger partial charge in [0.15, 0.2) is 0 Å². The zero-order valence-corrected chi connectivity index (χ0v) is 19.8. The SMILES string of the molecule is C=CC(=O)N[C@@H]1CCCC1Nc1ncc2cc(-c3c(Cl)c(OC)cc(OC)c3Cl)ccc2n1. The number of aromatic nitrogens is 2. The number of carbonyl (C=O) groups excluding carboxylic acids is 1. The fourth-order valence-electron chi connectivity index (χ4n) is 4.11. The summed E-state index contributed by atoms with van der Waals surface area (Å²) in [5.41, 5.74) is 2.18. The molecule has 0 saturated heterocycles. The molecule has 1 saturated carbocycles. The summed E-state index contributed by atoms with van der Waals surface area (Å²) in [5.74, 6) is 1.28. The van der Waals surface area contributed by atoms with E-state index in [0.717, 1.165) is 35.7 Å². The molecule has 1 heterocycles. The Bertz CT molecular complexity index is 1190. The van der Waals surface area contributed by atoms with E-state index in [9.17, 15) is 4.79 Å². The lowest BCUT2D eigenvalue weighted by Crippen LogP contribution is -2.42. The van der Waals surface area contributed by atoms with Gasteiger partial charge in [-0.05, 0) is 43.0 Å². The summed E-state index contributed by atoms with van der Waals surface area (Å²) in [7, 11) is 3.08. The fraction of sp³-hybridized carbons (Fsp3) is 0.292. The van der Waals surface area contributed by atoms with Crippen LogP contribution in [0.1, 0.15) is 19.3 Å². The van der Waals surface area contributed by atoms with E-state index < -0.39 is 0 Å². The van der Waals surface area contributed by atoms with Gasteiger partial charge in [0, 0.05) is 35.3 Å². The Balaban J connectivity index is 1.63. The fourth-order valence-corrected chi connectivity index (χ4v) is 4.83. The zero-order chi connectivity index (χ0) is 23.5. The van der Waals surface area contributed by atoms with Gasteiger partial charge in [0.1, 0.15) is 11.5 Å². The summed E-state index contributed by atoms with van der Waals surface area (Å²) < 4.78 is 10.8. The maximum Gasteiger partial charge on any atom is 0.243 e. The van der Waals surface area contributed by atoms with Crippen LogP contribution in [0.4, 0.5) is 5.95 Å². The van der Waals surface area contributed by atoms with Crippen LogP contribution in [0.15, 0.2) is 43.1 Å². The van der Waals surface area contributed by atoms with Gasteiger partial charge in [-0.1, -0.05) is 35.8 Å². The van der Waals surface area contributed by atoms with Crippen molar-refractivity contribution >= 4 is 46.0 Å². The average Bonchev–Trinajstić information content (AvgIpc) is 3.25. The van der Waals surface area contributed by atoms with Crippen molar-refractivity contribution in [2.24, 2.45) is 0 Å². The number of ether oxygens (including phenoxy) is 2. The molecular weight excluding hydrogens is 463 g/mol. The van der Waals surface area contributed by atoms with Crippen LogP contribution in [0, 0.1) is 0 Å². The van der Waals surface area contributed by atoms with E-state index in [1.165, 1.54) is 6.08 Å². The summed E-state index contributed by atoms with van der Waals surface area (Å²) in [6, 6.07) is 7.45. The van der Waals surface area contributed by atoms with Crippen molar-refractivity contribution in [3.63, 3.8) is 0 Å². The van der Waals surface area contributed by atoms with Crippen LogP contribution in [-0.2, 0) is 4.79 Å². The maximum absolute atomic E-state index is 11.7. The Morgan fingerprint density at radius 1 is 1.12 bits per heavy atom. The monoisotopic (exact) mass is 486 g/mol. The molecule has 33 heavy (non-hydrogen) atoms. The summed E-state index contributed by atoms with van der Waals surface area (Å²) in [6.45, 7) is 3.52. The van der Waals surface area contributed by atoms with E-state index in [0.29, 0.717) is 33.1 Å². The summed E-state index contributed by atoms with van der Waals surface area (Å²) in [4.78, 5) is 20.8. The first kappa shape index (κ1) is 23.1. The largest absolute Gasteiger partial charge is 0.495 e. The molecule has 0 radical (unpaired) electrons. The molecule has 1 fully saturated rings. The Morgan fingerprint density at radius 3 is 2.48 bits per heavy atom. The number of hydrogen-bond donors (Lipinski definition) is 2. The smallest absolute Gasteiger partial charge is 0.243 e. The highest BCUT2D eigenvalue weighted by molar-refractivity contribution is 6.41. The quantitative estimate of drug-likeness (QED) is 0.443. The van der Waals surface area contributed by atoms with Crippen molar-refractivity contribution in [2.45, 2.75) is 31.3 Å². The van der Waals surface area contributed by atoms with Crippen LogP contribution in [0.3, 0.4) is 0 Å². The number of anilines is 1. The number of nitrogens with zero attached hydrogens (tertiary/aromatic N) is 2. The lowest BCUT2D eigenvalue weighted by atomic mass is 10.0. The van der Waals surface area contributed by atoms with Gasteiger partial charge in [-0.15, -0.1) is 0 Å². The van der Waals surface area contributed by atoms with Crippen molar-refractivity contribution in [1.29, 1.82) is 0 Å². The highest BCUT2D eigenvalue weighted by Crippen LogP contribution is 2.46. The molecular formula is C24H24Cl2N4O3. The van der Waals surface area contributed by atoms with Crippen molar-refractivity contribution in [3.05, 3.63) is 53.2 Å². The van der Waals surface area contributed by atoms with Gasteiger partial charge in [-0.2, -0.15) is 0 Å². The number of amides is 1. The average molecular weight is 487 g/mol. The van der Waals surface area contributed by atoms with Gasteiger partial charge in [-0.25, -0.2) is 9.97 Å². The number of nitrogens with one attached hydrogen (secondary N) is 2. The first-order valence-corrected chi connectivity index (χ1v) is 11.3. The number of halogens is 2. The molecule has 1 amide bonds. The van der Waals surface area contributed by atoms with E-state index in [1.807, 2.05) is 18.2 Å². The molecule has 1 aliphatic carbocycles. The van der Waals surface area contributed by atoms with Crippen LogP contribution in [0.2, 0.25) is 10.0 Å². The molecule has 2 N–H and O–H groups in total. The lowest BCUT2D eigenvalue weighted by Gasteiger charge is -2.21. The number of methoxy groups -OCH3 is 2. The molecule has 3 aromatic rings. The molecule has 2 aromatic carbocycles. The minimum absolute atomic E-state index is 0.0181. The third-order valence-corrected chi connectivity index (χ3v) is 6.54. The first-order valence-electron chi connectivity index (χ1n) is 10.5. The van der Waals surface area contributed by atoms with Gasteiger partial charge in [0.2, 0.25) is 11.9 Å². The van der Waals surface area contributed by atoms with Crippen molar-refractivity contribution in [1.82, 2.24) is 15.3 Å². The van der Waals surface area contributed by atoms with E-state index >= 15 is 0 Å². The minimum Gasteiger partial charge on any atom is -0.495 e. The molecule has 1 aliphatic rings. The summed E-state index contributed by atoms with van der Waals surface area (Å²) in [6.07, 6.45) is 5.88. The number of rotatable bonds is 7. The molecule has 2 atom stereocenters. The van der Waals surface area contributed by atoms with Crippen LogP contribution in [0.5, 0.6) is 11.5 Å². The molecule has 7 nitrogen and oxygen atoms in total. The number of carbonyl (C=O) groups is 1. The van der Waals surface area contributed by atoms with E-state index in [1.54, 1.807) is 26.5 Å². The minimum atomic E-state index is -0.174. The lowest BCUT2D eigenvalue weighted by molar-refractivity contribution is -0.117. The Labute approximate surface area is 202 Å². The Kier molecular flexibility index (Phi) is 6.91. The second kappa shape index (κ2) is 9.85. The van der Waals surface area contributed by atoms with Crippen molar-refractivity contribution in [3.8, 4) is 22.6 Å². The number of benzene rings is 2. The maximum atomic E-state index is 11.7. The standard InChI is InChI=1S/C24H24Cl2N4O3/c1-4-20(31)28-16-6-5-7-17(16)30-24-27-12-14-10-13(8-9-15(14)29-24)21-22(25)18(32-2)11-19(33-3)23(21)26/h4,8-12,16-17H,1,5-7H2,2-3H3,(H,28,31)(H,27,29,30)/t16-,17?/m1/s1. The van der Waals surface area contributed by atoms with Gasteiger partial charge >= 0.3 is 0 Å². The van der Waals surface area contributed by atoms with Crippen molar-refractivity contribution in [2.75, 3.05) is 19.5 Å². The van der Waals surface area contributed by atoms with Gasteiger partial charge in [0.05, 0.1) is 29.8 Å². The molecule has 9 heteroatoms. The molecule has 0 bridgehead atoms. The number of hydrogen-bond acceptors (Lipinski definition) is 6. The molecule has 172 valence electrons. The second-order valence-electron chi connectivity index (χ2n) is 7.75. The van der Waals surface area contributed by atoms with Crippen molar-refractivity contribution < 1.29 is 14.3 Å². The van der Waals surface area contributed by atoms with E-state index in [4.69, 9.17) is 32.7 Å². The highest BCUT2D eigenvalue weighted by atomic mass is 35.5. The predicted octanol–water partition coefficient (Wildman–Crippen LogP) is 5.26. The topological polar surface area (TPSA) is 85.4 Å². The van der Waals surface area contributed by atoms with Crippen LogP contribution in [-0.4, -0.2) is 42.2 Å². The summed E-state index contributed by atoms with van der Waals surface area (Å²) >= 11 is 13.1.